The second-order valence-electron chi connectivity index (χ2n) is 11.9. The summed E-state index contributed by atoms with van der Waals surface area (Å²) in [5.74, 6) is 1.41. The lowest BCUT2D eigenvalue weighted by Gasteiger charge is -2.26. The summed E-state index contributed by atoms with van der Waals surface area (Å²) in [5.41, 5.74) is 2.08. The van der Waals surface area contributed by atoms with Crippen LogP contribution in [0, 0.1) is 0 Å². The summed E-state index contributed by atoms with van der Waals surface area (Å²) < 4.78 is 59.9. The fourth-order valence-corrected chi connectivity index (χ4v) is 4.55. The molecular weight excluding hydrogens is 692 g/mol. The van der Waals surface area contributed by atoms with Crippen molar-refractivity contribution < 1.29 is 67.0 Å². The minimum atomic E-state index is -0.226. The molecule has 0 fully saturated rings. The Kier molecular flexibility index (Phi) is 29.0. The molecule has 0 saturated carbocycles. The largest absolute Gasteiger partial charge is 0.491 e. The van der Waals surface area contributed by atoms with Gasteiger partial charge in [-0.25, -0.2) is 0 Å². The molecule has 0 amide bonds. The minimum Gasteiger partial charge on any atom is -0.491 e. The fourth-order valence-electron chi connectivity index (χ4n) is 4.55. The van der Waals surface area contributed by atoms with Crippen LogP contribution < -0.4 is 9.62 Å². The van der Waals surface area contributed by atoms with E-state index in [0.717, 1.165) is 16.9 Å². The van der Waals surface area contributed by atoms with Crippen LogP contribution in [-0.4, -0.2) is 157 Å². The Bertz CT molecular complexity index is 987. The average molecular weight is 757 g/mol. The molecule has 304 valence electrons. The topological polar surface area (TPSA) is 140 Å². The first-order valence-electron chi connectivity index (χ1n) is 18.6. The van der Waals surface area contributed by atoms with Crippen molar-refractivity contribution in [3.8, 4) is 11.5 Å². The van der Waals surface area contributed by atoms with Crippen LogP contribution in [0.25, 0.3) is 0 Å². The van der Waals surface area contributed by atoms with Gasteiger partial charge in [-0.1, -0.05) is 38.1 Å². The molecule has 2 rings (SSSR count). The van der Waals surface area contributed by atoms with E-state index in [-0.39, 0.29) is 12.0 Å². The Labute approximate surface area is 316 Å². The molecule has 0 aliphatic rings. The molecule has 0 aliphatic heterocycles. The van der Waals surface area contributed by atoms with E-state index in [2.05, 4.69) is 26.0 Å². The van der Waals surface area contributed by atoms with Gasteiger partial charge in [-0.15, -0.1) is 0 Å². The van der Waals surface area contributed by atoms with Crippen molar-refractivity contribution in [3.05, 3.63) is 59.7 Å². The first-order valence-corrected chi connectivity index (χ1v) is 18.6. The fraction of sp³-hybridized carbons (Fsp3) is 0.692. The van der Waals surface area contributed by atoms with Gasteiger partial charge in [0.05, 0.1) is 132 Å². The molecule has 2 aromatic rings. The second kappa shape index (κ2) is 32.9. The molecule has 0 unspecified atom stereocenters. The van der Waals surface area contributed by atoms with Crippen LogP contribution in [0.2, 0.25) is 0 Å². The second-order valence-corrected chi connectivity index (χ2v) is 11.9. The molecule has 0 bridgehead atoms. The van der Waals surface area contributed by atoms with Gasteiger partial charge in [0.15, 0.2) is 5.75 Å². The highest BCUT2D eigenvalue weighted by Gasteiger charge is 2.23. The normalized spacial score (nSPS) is 11.7. The third-order valence-corrected chi connectivity index (χ3v) is 7.53. The SMILES string of the molecule is CCOCCOCCOCCOCCOCCOOc1ccc(C(C)(C)c2ccc(OCCOCCOCCOCCOCCOCCO)cc2)cc1. The van der Waals surface area contributed by atoms with Gasteiger partial charge >= 0.3 is 0 Å². The molecule has 0 heterocycles. The van der Waals surface area contributed by atoms with Crippen LogP contribution in [0.15, 0.2) is 48.5 Å². The molecule has 0 aromatic heterocycles. The summed E-state index contributed by atoms with van der Waals surface area (Å²) in [7, 11) is 0. The quantitative estimate of drug-likeness (QED) is 0.0602. The van der Waals surface area contributed by atoms with Crippen molar-refractivity contribution in [1.82, 2.24) is 0 Å². The maximum atomic E-state index is 8.62. The molecule has 0 saturated heterocycles. The maximum absolute atomic E-state index is 8.62. The van der Waals surface area contributed by atoms with Gasteiger partial charge < -0.3 is 62.1 Å². The summed E-state index contributed by atoms with van der Waals surface area (Å²) in [6.45, 7) is 17.1. The van der Waals surface area contributed by atoms with Crippen molar-refractivity contribution >= 4 is 0 Å². The van der Waals surface area contributed by atoms with E-state index in [1.807, 2.05) is 43.3 Å². The van der Waals surface area contributed by atoms with Crippen molar-refractivity contribution in [1.29, 1.82) is 0 Å². The summed E-state index contributed by atoms with van der Waals surface area (Å²) in [6.07, 6.45) is 0. The molecule has 0 spiro atoms. The lowest BCUT2D eigenvalue weighted by atomic mass is 9.78. The number of ether oxygens (including phenoxy) is 11. The van der Waals surface area contributed by atoms with Gasteiger partial charge in [0.1, 0.15) is 19.0 Å². The highest BCUT2D eigenvalue weighted by Crippen LogP contribution is 2.33. The predicted octanol–water partition coefficient (Wildman–Crippen LogP) is 3.88. The van der Waals surface area contributed by atoms with Gasteiger partial charge in [-0.05, 0) is 42.3 Å². The monoisotopic (exact) mass is 756 g/mol. The van der Waals surface area contributed by atoms with Crippen LogP contribution in [0.4, 0.5) is 0 Å². The molecular formula is C39H64O14. The van der Waals surface area contributed by atoms with Crippen LogP contribution in [0.5, 0.6) is 11.5 Å². The highest BCUT2D eigenvalue weighted by molar-refractivity contribution is 5.41. The summed E-state index contributed by atoms with van der Waals surface area (Å²) >= 11 is 0. The summed E-state index contributed by atoms with van der Waals surface area (Å²) in [4.78, 5) is 10.7. The molecule has 14 nitrogen and oxygen atoms in total. The molecule has 0 atom stereocenters. The van der Waals surface area contributed by atoms with E-state index in [1.54, 1.807) is 0 Å². The van der Waals surface area contributed by atoms with Crippen molar-refractivity contribution in [2.45, 2.75) is 26.2 Å². The standard InChI is InChI=1S/C39H64O14/c1-4-41-15-16-43-19-20-45-24-26-48-28-30-50-32-34-52-53-38-11-7-36(8-12-38)39(2,3)35-5-9-37(10-6-35)51-33-31-49-29-27-47-25-23-46-22-21-44-18-17-42-14-13-40/h5-12,40H,4,13-34H2,1-3H3. The van der Waals surface area contributed by atoms with Crippen LogP contribution in [0.3, 0.4) is 0 Å². The van der Waals surface area contributed by atoms with Crippen molar-refractivity contribution in [2.75, 3.05) is 152 Å². The Morgan fingerprint density at radius 2 is 0.717 bits per heavy atom. The lowest BCUT2D eigenvalue weighted by Crippen LogP contribution is -2.18. The van der Waals surface area contributed by atoms with E-state index < -0.39 is 0 Å². The number of benzene rings is 2. The van der Waals surface area contributed by atoms with Crippen LogP contribution in [-0.2, 0) is 57.7 Å². The summed E-state index contributed by atoms with van der Waals surface area (Å²) in [5, 5.41) is 8.62. The van der Waals surface area contributed by atoms with Gasteiger partial charge in [0.2, 0.25) is 0 Å². The predicted molar refractivity (Wildman–Crippen MR) is 198 cm³/mol. The number of hydrogen-bond donors (Lipinski definition) is 1. The molecule has 14 heteroatoms. The Morgan fingerprint density at radius 3 is 1.09 bits per heavy atom. The minimum absolute atomic E-state index is 0.0208. The van der Waals surface area contributed by atoms with Gasteiger partial charge in [0.25, 0.3) is 0 Å². The number of aliphatic hydroxyl groups is 1. The number of rotatable bonds is 38. The molecule has 1 N–H and O–H groups in total. The molecule has 0 aliphatic carbocycles. The zero-order valence-corrected chi connectivity index (χ0v) is 32.1. The first-order chi connectivity index (χ1) is 26.1. The van der Waals surface area contributed by atoms with E-state index in [4.69, 9.17) is 67.0 Å². The average Bonchev–Trinajstić information content (AvgIpc) is 3.17. The molecule has 2 aromatic carbocycles. The zero-order chi connectivity index (χ0) is 37.9. The van der Waals surface area contributed by atoms with E-state index in [0.29, 0.717) is 151 Å². The zero-order valence-electron chi connectivity index (χ0n) is 32.1. The molecule has 0 radical (unpaired) electrons. The highest BCUT2D eigenvalue weighted by atomic mass is 17.2. The Morgan fingerprint density at radius 1 is 0.396 bits per heavy atom. The maximum Gasteiger partial charge on any atom is 0.165 e. The van der Waals surface area contributed by atoms with Crippen LogP contribution in [0.1, 0.15) is 31.9 Å². The Hall–Kier alpha value is -2.44. The number of aliphatic hydroxyl groups excluding tert-OH is 1. The van der Waals surface area contributed by atoms with E-state index >= 15 is 0 Å². The van der Waals surface area contributed by atoms with Gasteiger partial charge in [-0.3, -0.25) is 0 Å². The van der Waals surface area contributed by atoms with Gasteiger partial charge in [0, 0.05) is 12.0 Å². The molecule has 53 heavy (non-hydrogen) atoms. The van der Waals surface area contributed by atoms with E-state index in [9.17, 15) is 0 Å². The van der Waals surface area contributed by atoms with Crippen molar-refractivity contribution in [3.63, 3.8) is 0 Å². The third-order valence-electron chi connectivity index (χ3n) is 7.53. The summed E-state index contributed by atoms with van der Waals surface area (Å²) in [6, 6.07) is 16.0. The lowest BCUT2D eigenvalue weighted by molar-refractivity contribution is -0.215. The van der Waals surface area contributed by atoms with Crippen LogP contribution >= 0.6 is 0 Å². The number of hydrogen-bond acceptors (Lipinski definition) is 14. The van der Waals surface area contributed by atoms with Gasteiger partial charge in [-0.2, -0.15) is 4.89 Å². The third kappa shape index (κ3) is 24.6. The smallest absolute Gasteiger partial charge is 0.165 e. The van der Waals surface area contributed by atoms with E-state index in [1.165, 1.54) is 0 Å². The van der Waals surface area contributed by atoms with Crippen molar-refractivity contribution in [2.24, 2.45) is 0 Å². The first kappa shape index (κ1) is 46.7. The Balaban J connectivity index is 1.45.